The second kappa shape index (κ2) is 8.05. The maximum absolute atomic E-state index is 11.1. The summed E-state index contributed by atoms with van der Waals surface area (Å²) in [6.07, 6.45) is 6.38. The number of hydrogen-bond acceptors (Lipinski definition) is 2. The van der Waals surface area contributed by atoms with E-state index in [0.717, 1.165) is 25.8 Å². The van der Waals surface area contributed by atoms with E-state index < -0.39 is 0 Å². The number of amides is 1. The SMILES string of the molecule is CN(C)C(=O)CCCCCCCN. The molecule has 0 aliphatic heterocycles. The van der Waals surface area contributed by atoms with E-state index in [0.29, 0.717) is 6.42 Å². The van der Waals surface area contributed by atoms with Crippen molar-refractivity contribution in [1.29, 1.82) is 0 Å². The third-order valence-corrected chi connectivity index (χ3v) is 2.09. The summed E-state index contributed by atoms with van der Waals surface area (Å²) in [5.41, 5.74) is 5.37. The predicted octanol–water partition coefficient (Wildman–Crippen LogP) is 1.37. The molecule has 0 saturated carbocycles. The molecule has 3 heteroatoms. The summed E-state index contributed by atoms with van der Waals surface area (Å²) in [6.45, 7) is 0.788. The van der Waals surface area contributed by atoms with Crippen LogP contribution in [0.1, 0.15) is 38.5 Å². The highest BCUT2D eigenvalue weighted by atomic mass is 16.2. The number of rotatable bonds is 7. The van der Waals surface area contributed by atoms with Crippen LogP contribution in [0.15, 0.2) is 0 Å². The summed E-state index contributed by atoms with van der Waals surface area (Å²) in [6, 6.07) is 0. The van der Waals surface area contributed by atoms with E-state index >= 15 is 0 Å². The summed E-state index contributed by atoms with van der Waals surface area (Å²) >= 11 is 0. The molecule has 0 saturated heterocycles. The Balaban J connectivity index is 3.12. The molecule has 0 aromatic rings. The number of nitrogens with zero attached hydrogens (tertiary/aromatic N) is 1. The molecule has 0 heterocycles. The molecule has 3 nitrogen and oxygen atoms in total. The molecule has 0 atom stereocenters. The fourth-order valence-electron chi connectivity index (χ4n) is 1.17. The Morgan fingerprint density at radius 1 is 1.08 bits per heavy atom. The molecule has 78 valence electrons. The minimum absolute atomic E-state index is 0.235. The van der Waals surface area contributed by atoms with Gasteiger partial charge in [0.15, 0.2) is 0 Å². The molecule has 1 amide bonds. The fraction of sp³-hybridized carbons (Fsp3) is 0.900. The van der Waals surface area contributed by atoms with E-state index in [1.165, 1.54) is 12.8 Å². The molecule has 0 aromatic heterocycles. The Hall–Kier alpha value is -0.570. The predicted molar refractivity (Wildman–Crippen MR) is 55.5 cm³/mol. The molecule has 0 unspecified atom stereocenters. The van der Waals surface area contributed by atoms with Crippen molar-refractivity contribution in [3.8, 4) is 0 Å². The first-order valence-corrected chi connectivity index (χ1v) is 5.08. The molecule has 2 N–H and O–H groups in total. The second-order valence-electron chi connectivity index (χ2n) is 3.59. The van der Waals surface area contributed by atoms with Crippen LogP contribution in [-0.2, 0) is 4.79 Å². The molecule has 0 fully saturated rings. The van der Waals surface area contributed by atoms with Crippen LogP contribution in [0.2, 0.25) is 0 Å². The number of carbonyl (C=O) groups is 1. The van der Waals surface area contributed by atoms with Crippen molar-refractivity contribution >= 4 is 5.91 Å². The minimum atomic E-state index is 0.235. The monoisotopic (exact) mass is 186 g/mol. The molecule has 0 rings (SSSR count). The largest absolute Gasteiger partial charge is 0.349 e. The third-order valence-electron chi connectivity index (χ3n) is 2.09. The van der Waals surface area contributed by atoms with Gasteiger partial charge in [-0.25, -0.2) is 0 Å². The van der Waals surface area contributed by atoms with Crippen LogP contribution in [-0.4, -0.2) is 31.4 Å². The van der Waals surface area contributed by atoms with Gasteiger partial charge in [0.25, 0.3) is 0 Å². The molecule has 13 heavy (non-hydrogen) atoms. The van der Waals surface area contributed by atoms with Crippen molar-refractivity contribution in [2.24, 2.45) is 5.73 Å². The van der Waals surface area contributed by atoms with Crippen molar-refractivity contribution in [3.05, 3.63) is 0 Å². The van der Waals surface area contributed by atoms with Crippen molar-refractivity contribution in [2.75, 3.05) is 20.6 Å². The first-order chi connectivity index (χ1) is 6.18. The summed E-state index contributed by atoms with van der Waals surface area (Å²) in [7, 11) is 3.60. The minimum Gasteiger partial charge on any atom is -0.349 e. The van der Waals surface area contributed by atoms with Crippen LogP contribution in [0.25, 0.3) is 0 Å². The van der Waals surface area contributed by atoms with Gasteiger partial charge < -0.3 is 10.6 Å². The molecular weight excluding hydrogens is 164 g/mol. The van der Waals surface area contributed by atoms with E-state index in [1.54, 1.807) is 19.0 Å². The van der Waals surface area contributed by atoms with E-state index in [2.05, 4.69) is 0 Å². The average Bonchev–Trinajstić information content (AvgIpc) is 2.10. The van der Waals surface area contributed by atoms with Gasteiger partial charge in [0, 0.05) is 20.5 Å². The lowest BCUT2D eigenvalue weighted by Crippen LogP contribution is -2.20. The number of nitrogens with two attached hydrogens (primary N) is 1. The Morgan fingerprint density at radius 2 is 1.62 bits per heavy atom. The number of unbranched alkanes of at least 4 members (excludes halogenated alkanes) is 4. The van der Waals surface area contributed by atoms with Gasteiger partial charge in [-0.2, -0.15) is 0 Å². The van der Waals surface area contributed by atoms with E-state index in [9.17, 15) is 4.79 Å². The zero-order chi connectivity index (χ0) is 10.1. The molecule has 0 spiro atoms. The van der Waals surface area contributed by atoms with Gasteiger partial charge in [0.1, 0.15) is 0 Å². The summed E-state index contributed by atoms with van der Waals surface area (Å²) < 4.78 is 0. The smallest absolute Gasteiger partial charge is 0.222 e. The lowest BCUT2D eigenvalue weighted by molar-refractivity contribution is -0.128. The van der Waals surface area contributed by atoms with Crippen LogP contribution >= 0.6 is 0 Å². The van der Waals surface area contributed by atoms with E-state index in [1.807, 2.05) is 0 Å². The van der Waals surface area contributed by atoms with Gasteiger partial charge in [0.2, 0.25) is 5.91 Å². The summed E-state index contributed by atoms with van der Waals surface area (Å²) in [5, 5.41) is 0. The zero-order valence-electron chi connectivity index (χ0n) is 8.88. The first-order valence-electron chi connectivity index (χ1n) is 5.08. The second-order valence-corrected chi connectivity index (χ2v) is 3.59. The molecule has 0 aliphatic rings. The molecule has 0 aromatic carbocycles. The van der Waals surface area contributed by atoms with Gasteiger partial charge >= 0.3 is 0 Å². The Bertz CT molecular complexity index is 135. The Morgan fingerprint density at radius 3 is 2.15 bits per heavy atom. The van der Waals surface area contributed by atoms with Crippen LogP contribution in [0, 0.1) is 0 Å². The van der Waals surface area contributed by atoms with Crippen molar-refractivity contribution < 1.29 is 4.79 Å². The first kappa shape index (κ1) is 12.4. The lowest BCUT2D eigenvalue weighted by atomic mass is 10.1. The van der Waals surface area contributed by atoms with Crippen molar-refractivity contribution in [2.45, 2.75) is 38.5 Å². The van der Waals surface area contributed by atoms with Crippen molar-refractivity contribution in [1.82, 2.24) is 4.90 Å². The van der Waals surface area contributed by atoms with E-state index in [4.69, 9.17) is 5.73 Å². The van der Waals surface area contributed by atoms with Crippen molar-refractivity contribution in [3.63, 3.8) is 0 Å². The standard InChI is InChI=1S/C10H22N2O/c1-12(2)10(13)8-6-4-3-5-7-9-11/h3-9,11H2,1-2H3. The normalized spacial score (nSPS) is 10.1. The highest BCUT2D eigenvalue weighted by Crippen LogP contribution is 2.05. The van der Waals surface area contributed by atoms with Crippen LogP contribution in [0.3, 0.4) is 0 Å². The molecule has 0 radical (unpaired) electrons. The molecule has 0 bridgehead atoms. The average molecular weight is 186 g/mol. The quantitative estimate of drug-likeness (QED) is 0.610. The lowest BCUT2D eigenvalue weighted by Gasteiger charge is -2.09. The van der Waals surface area contributed by atoms with Gasteiger partial charge in [-0.1, -0.05) is 19.3 Å². The number of carbonyl (C=O) groups excluding carboxylic acids is 1. The number of hydrogen-bond donors (Lipinski definition) is 1. The highest BCUT2D eigenvalue weighted by Gasteiger charge is 2.01. The highest BCUT2D eigenvalue weighted by molar-refractivity contribution is 5.75. The summed E-state index contributed by atoms with van der Waals surface area (Å²) in [4.78, 5) is 12.8. The van der Waals surface area contributed by atoms with Gasteiger partial charge in [-0.15, -0.1) is 0 Å². The third kappa shape index (κ3) is 7.78. The maximum Gasteiger partial charge on any atom is 0.222 e. The Kier molecular flexibility index (Phi) is 7.69. The van der Waals surface area contributed by atoms with Crippen LogP contribution in [0.4, 0.5) is 0 Å². The van der Waals surface area contributed by atoms with Crippen LogP contribution < -0.4 is 5.73 Å². The van der Waals surface area contributed by atoms with Gasteiger partial charge in [-0.05, 0) is 19.4 Å². The van der Waals surface area contributed by atoms with Gasteiger partial charge in [0.05, 0.1) is 0 Å². The fourth-order valence-corrected chi connectivity index (χ4v) is 1.17. The Labute approximate surface area is 81.3 Å². The maximum atomic E-state index is 11.1. The molecular formula is C10H22N2O. The summed E-state index contributed by atoms with van der Waals surface area (Å²) in [5.74, 6) is 0.235. The van der Waals surface area contributed by atoms with E-state index in [-0.39, 0.29) is 5.91 Å². The topological polar surface area (TPSA) is 46.3 Å². The zero-order valence-corrected chi connectivity index (χ0v) is 8.88. The van der Waals surface area contributed by atoms with Gasteiger partial charge in [-0.3, -0.25) is 4.79 Å². The molecule has 0 aliphatic carbocycles. The van der Waals surface area contributed by atoms with Crippen LogP contribution in [0.5, 0.6) is 0 Å².